The number of rotatable bonds is 5. The van der Waals surface area contributed by atoms with Crippen LogP contribution in [-0.4, -0.2) is 37.0 Å². The summed E-state index contributed by atoms with van der Waals surface area (Å²) in [7, 11) is 0. The quantitative estimate of drug-likeness (QED) is 0.885. The van der Waals surface area contributed by atoms with Gasteiger partial charge in [-0.2, -0.15) is 5.10 Å². The molecular weight excluding hydrogens is 242 g/mol. The summed E-state index contributed by atoms with van der Waals surface area (Å²) in [5.41, 5.74) is 0.996. The molecule has 0 saturated carbocycles. The van der Waals surface area contributed by atoms with Crippen molar-refractivity contribution in [3.05, 3.63) is 42.2 Å². The second-order valence-electron chi connectivity index (χ2n) is 4.39. The fraction of sp³-hybridized carbons (Fsp3) is 0.385. The van der Waals surface area contributed by atoms with Gasteiger partial charge < -0.3 is 4.90 Å². The van der Waals surface area contributed by atoms with Gasteiger partial charge in [0.05, 0.1) is 0 Å². The molecule has 0 bridgehead atoms. The first-order valence-electron chi connectivity index (χ1n) is 6.27. The number of carbonyl (C=O) groups excluding carboxylic acids is 1. The van der Waals surface area contributed by atoms with E-state index in [2.05, 4.69) is 27.1 Å². The number of H-pyrrole nitrogens is 1. The van der Waals surface area contributed by atoms with Gasteiger partial charge >= 0.3 is 0 Å². The average Bonchev–Trinajstić information content (AvgIpc) is 2.98. The molecule has 0 aromatic carbocycles. The molecule has 1 atom stereocenters. The lowest BCUT2D eigenvalue weighted by molar-refractivity contribution is 0.0659. The molecule has 6 nitrogen and oxygen atoms in total. The zero-order valence-corrected chi connectivity index (χ0v) is 11.1. The van der Waals surface area contributed by atoms with E-state index >= 15 is 0 Å². The highest BCUT2D eigenvalue weighted by atomic mass is 16.2. The minimum Gasteiger partial charge on any atom is -0.329 e. The van der Waals surface area contributed by atoms with E-state index < -0.39 is 0 Å². The van der Waals surface area contributed by atoms with E-state index in [4.69, 9.17) is 0 Å². The molecule has 1 unspecified atom stereocenters. The Morgan fingerprint density at radius 3 is 2.95 bits per heavy atom. The van der Waals surface area contributed by atoms with Crippen molar-refractivity contribution in [2.24, 2.45) is 0 Å². The first kappa shape index (κ1) is 13.2. The Morgan fingerprint density at radius 1 is 1.53 bits per heavy atom. The van der Waals surface area contributed by atoms with Crippen LogP contribution in [0.3, 0.4) is 0 Å². The number of hydrogen-bond acceptors (Lipinski definition) is 4. The Bertz CT molecular complexity index is 511. The van der Waals surface area contributed by atoms with E-state index in [1.165, 1.54) is 6.33 Å². The van der Waals surface area contributed by atoms with Gasteiger partial charge in [-0.3, -0.25) is 14.9 Å². The molecule has 100 valence electrons. The Morgan fingerprint density at radius 2 is 2.37 bits per heavy atom. The second kappa shape index (κ2) is 6.08. The molecule has 1 amide bonds. The van der Waals surface area contributed by atoms with Crippen molar-refractivity contribution < 1.29 is 4.79 Å². The third-order valence-electron chi connectivity index (χ3n) is 3.08. The molecule has 0 radical (unpaired) electrons. The SMILES string of the molecule is CCC(C)N(Cc1cccnc1)C(=O)c1ncn[nH]1. The van der Waals surface area contributed by atoms with E-state index in [1.807, 2.05) is 19.1 Å². The normalized spacial score (nSPS) is 12.1. The highest BCUT2D eigenvalue weighted by Crippen LogP contribution is 2.12. The van der Waals surface area contributed by atoms with Crippen molar-refractivity contribution in [3.63, 3.8) is 0 Å². The van der Waals surface area contributed by atoms with Crippen LogP contribution >= 0.6 is 0 Å². The number of nitrogens with zero attached hydrogens (tertiary/aromatic N) is 4. The van der Waals surface area contributed by atoms with Crippen LogP contribution in [0.4, 0.5) is 0 Å². The summed E-state index contributed by atoms with van der Waals surface area (Å²) < 4.78 is 0. The predicted octanol–water partition coefficient (Wildman–Crippen LogP) is 1.64. The van der Waals surface area contributed by atoms with Gasteiger partial charge in [-0.25, -0.2) is 4.98 Å². The van der Waals surface area contributed by atoms with Crippen molar-refractivity contribution in [2.75, 3.05) is 0 Å². The molecule has 0 aliphatic rings. The Kier molecular flexibility index (Phi) is 4.22. The molecule has 0 aliphatic carbocycles. The number of carbonyl (C=O) groups is 1. The highest BCUT2D eigenvalue weighted by Gasteiger charge is 2.22. The maximum Gasteiger partial charge on any atom is 0.291 e. The van der Waals surface area contributed by atoms with Gasteiger partial charge in [0.15, 0.2) is 0 Å². The standard InChI is InChI=1S/C13H17N5O/c1-3-10(2)18(8-11-5-4-6-14-7-11)13(19)12-15-9-16-17-12/h4-7,9-10H,3,8H2,1-2H3,(H,15,16,17). The fourth-order valence-electron chi connectivity index (χ4n) is 1.78. The smallest absolute Gasteiger partial charge is 0.291 e. The summed E-state index contributed by atoms with van der Waals surface area (Å²) >= 11 is 0. The number of pyridine rings is 1. The molecule has 0 saturated heterocycles. The van der Waals surface area contributed by atoms with Gasteiger partial charge in [-0.05, 0) is 25.0 Å². The molecule has 6 heteroatoms. The molecule has 2 heterocycles. The van der Waals surface area contributed by atoms with E-state index in [1.54, 1.807) is 17.3 Å². The maximum atomic E-state index is 12.4. The van der Waals surface area contributed by atoms with Crippen molar-refractivity contribution in [2.45, 2.75) is 32.9 Å². The van der Waals surface area contributed by atoms with Gasteiger partial charge in [-0.1, -0.05) is 13.0 Å². The summed E-state index contributed by atoms with van der Waals surface area (Å²) in [4.78, 5) is 22.2. The van der Waals surface area contributed by atoms with Crippen molar-refractivity contribution in [1.29, 1.82) is 0 Å². The fourth-order valence-corrected chi connectivity index (χ4v) is 1.78. The van der Waals surface area contributed by atoms with Crippen LogP contribution in [0.2, 0.25) is 0 Å². The van der Waals surface area contributed by atoms with Crippen LogP contribution in [0.25, 0.3) is 0 Å². The maximum absolute atomic E-state index is 12.4. The third-order valence-corrected chi connectivity index (χ3v) is 3.08. The number of nitrogens with one attached hydrogen (secondary N) is 1. The predicted molar refractivity (Wildman–Crippen MR) is 70.2 cm³/mol. The summed E-state index contributed by atoms with van der Waals surface area (Å²) in [6, 6.07) is 3.94. The van der Waals surface area contributed by atoms with Gasteiger partial charge in [0, 0.05) is 25.0 Å². The van der Waals surface area contributed by atoms with E-state index in [-0.39, 0.29) is 17.8 Å². The van der Waals surface area contributed by atoms with Gasteiger partial charge in [-0.15, -0.1) is 0 Å². The zero-order chi connectivity index (χ0) is 13.7. The lowest BCUT2D eigenvalue weighted by atomic mass is 10.1. The van der Waals surface area contributed by atoms with Crippen LogP contribution in [0.5, 0.6) is 0 Å². The zero-order valence-electron chi connectivity index (χ0n) is 11.1. The van der Waals surface area contributed by atoms with E-state index in [9.17, 15) is 4.79 Å². The van der Waals surface area contributed by atoms with E-state index in [0.29, 0.717) is 6.54 Å². The van der Waals surface area contributed by atoms with Crippen molar-refractivity contribution in [3.8, 4) is 0 Å². The van der Waals surface area contributed by atoms with Gasteiger partial charge in [0.25, 0.3) is 5.91 Å². The molecular formula is C13H17N5O. The van der Waals surface area contributed by atoms with Crippen molar-refractivity contribution in [1.82, 2.24) is 25.1 Å². The van der Waals surface area contributed by atoms with Crippen LogP contribution in [-0.2, 0) is 6.54 Å². The Labute approximate surface area is 111 Å². The largest absolute Gasteiger partial charge is 0.329 e. The number of aromatic nitrogens is 4. The molecule has 1 N–H and O–H groups in total. The van der Waals surface area contributed by atoms with Crippen LogP contribution in [0, 0.1) is 0 Å². The monoisotopic (exact) mass is 259 g/mol. The summed E-state index contributed by atoms with van der Waals surface area (Å²) in [5.74, 6) is 0.125. The van der Waals surface area contributed by atoms with Gasteiger partial charge in [0.2, 0.25) is 5.82 Å². The minimum atomic E-state index is -0.143. The molecule has 2 aromatic heterocycles. The first-order valence-corrected chi connectivity index (χ1v) is 6.27. The molecule has 2 rings (SSSR count). The minimum absolute atomic E-state index is 0.123. The second-order valence-corrected chi connectivity index (χ2v) is 4.39. The van der Waals surface area contributed by atoms with Crippen molar-refractivity contribution >= 4 is 5.91 Å². The molecule has 19 heavy (non-hydrogen) atoms. The topological polar surface area (TPSA) is 74.8 Å². The van der Waals surface area contributed by atoms with Gasteiger partial charge in [0.1, 0.15) is 6.33 Å². The Hall–Kier alpha value is -2.24. The molecule has 0 fully saturated rings. The third kappa shape index (κ3) is 3.15. The molecule has 0 spiro atoms. The summed E-state index contributed by atoms with van der Waals surface area (Å²) in [6.45, 7) is 4.58. The molecule has 0 aliphatic heterocycles. The van der Waals surface area contributed by atoms with E-state index in [0.717, 1.165) is 12.0 Å². The number of aromatic amines is 1. The van der Waals surface area contributed by atoms with Crippen LogP contribution < -0.4 is 0 Å². The first-order chi connectivity index (χ1) is 9.22. The highest BCUT2D eigenvalue weighted by molar-refractivity contribution is 5.90. The number of hydrogen-bond donors (Lipinski definition) is 1. The average molecular weight is 259 g/mol. The van der Waals surface area contributed by atoms with Crippen LogP contribution in [0.1, 0.15) is 36.5 Å². The lowest BCUT2D eigenvalue weighted by Crippen LogP contribution is -2.38. The summed E-state index contributed by atoms with van der Waals surface area (Å²) in [5, 5.41) is 6.34. The Balaban J connectivity index is 2.19. The lowest BCUT2D eigenvalue weighted by Gasteiger charge is -2.27. The summed E-state index contributed by atoms with van der Waals surface area (Å²) in [6.07, 6.45) is 5.70. The van der Waals surface area contributed by atoms with Crippen LogP contribution in [0.15, 0.2) is 30.9 Å². The molecule has 2 aromatic rings. The number of amides is 1.